The monoisotopic (exact) mass is 334 g/mol. The minimum Gasteiger partial charge on any atom is -0.464 e. The number of hydrogen-bond donors (Lipinski definition) is 1. The van der Waals surface area contributed by atoms with Crippen molar-refractivity contribution < 1.29 is 9.21 Å². The van der Waals surface area contributed by atoms with Gasteiger partial charge < -0.3 is 14.6 Å². The first kappa shape index (κ1) is 15.9. The third kappa shape index (κ3) is 3.30. The average molecular weight is 334 g/mol. The van der Waals surface area contributed by atoms with Crippen molar-refractivity contribution in [3.05, 3.63) is 60.4 Å². The Kier molecular flexibility index (Phi) is 4.28. The van der Waals surface area contributed by atoms with Crippen LogP contribution in [0.4, 0.5) is 0 Å². The zero-order valence-electron chi connectivity index (χ0n) is 14.4. The summed E-state index contributed by atoms with van der Waals surface area (Å²) in [6.07, 6.45) is 2.85. The van der Waals surface area contributed by atoms with Gasteiger partial charge in [0.05, 0.1) is 6.26 Å². The lowest BCUT2D eigenvalue weighted by Gasteiger charge is -2.21. The van der Waals surface area contributed by atoms with Crippen molar-refractivity contribution in [3.63, 3.8) is 0 Å². The van der Waals surface area contributed by atoms with Crippen LogP contribution in [-0.4, -0.2) is 37.5 Å². The molecule has 2 heterocycles. The fourth-order valence-corrected chi connectivity index (χ4v) is 3.51. The highest BCUT2D eigenvalue weighted by Gasteiger charge is 2.20. The van der Waals surface area contributed by atoms with Crippen molar-refractivity contribution in [3.8, 4) is 11.1 Å². The molecule has 128 valence electrons. The molecule has 2 aromatic carbocycles. The second-order valence-corrected chi connectivity index (χ2v) is 6.80. The number of rotatable bonds is 4. The van der Waals surface area contributed by atoms with Crippen LogP contribution in [0.15, 0.2) is 59.2 Å². The molecule has 1 N–H and O–H groups in total. The number of nitrogens with zero attached hydrogens (tertiary/aromatic N) is 1. The fraction of sp³-hybridized carbons (Fsp3) is 0.286. The molecule has 0 aliphatic carbocycles. The number of amides is 1. The molecule has 0 saturated carbocycles. The number of benzene rings is 2. The van der Waals surface area contributed by atoms with Gasteiger partial charge in [-0.2, -0.15) is 0 Å². The molecule has 0 radical (unpaired) electrons. The molecule has 1 aliphatic rings. The number of carbonyl (C=O) groups is 1. The summed E-state index contributed by atoms with van der Waals surface area (Å²) in [4.78, 5) is 14.5. The van der Waals surface area contributed by atoms with Gasteiger partial charge in [0.1, 0.15) is 5.58 Å². The first-order chi connectivity index (χ1) is 12.2. The van der Waals surface area contributed by atoms with Gasteiger partial charge in [-0.05, 0) is 66.9 Å². The van der Waals surface area contributed by atoms with E-state index in [1.54, 1.807) is 6.26 Å². The van der Waals surface area contributed by atoms with E-state index in [1.807, 2.05) is 54.4 Å². The van der Waals surface area contributed by atoms with Gasteiger partial charge in [0, 0.05) is 24.5 Å². The topological polar surface area (TPSA) is 45.5 Å². The van der Waals surface area contributed by atoms with Crippen molar-refractivity contribution in [2.24, 2.45) is 5.92 Å². The minimum absolute atomic E-state index is 0.0868. The van der Waals surface area contributed by atoms with Crippen molar-refractivity contribution in [2.75, 3.05) is 26.7 Å². The number of nitrogens with one attached hydrogen (secondary N) is 1. The Bertz CT molecular complexity index is 876. The Labute approximate surface area is 147 Å². The second-order valence-electron chi connectivity index (χ2n) is 6.80. The molecule has 4 rings (SSSR count). The molecule has 25 heavy (non-hydrogen) atoms. The Morgan fingerprint density at radius 3 is 2.72 bits per heavy atom. The van der Waals surface area contributed by atoms with Gasteiger partial charge in [-0.25, -0.2) is 0 Å². The van der Waals surface area contributed by atoms with E-state index in [9.17, 15) is 4.79 Å². The Balaban J connectivity index is 1.49. The molecular weight excluding hydrogens is 312 g/mol. The molecule has 1 unspecified atom stereocenters. The molecule has 4 nitrogen and oxygen atoms in total. The molecule has 1 aromatic heterocycles. The van der Waals surface area contributed by atoms with E-state index in [0.717, 1.165) is 53.7 Å². The third-order valence-electron chi connectivity index (χ3n) is 4.96. The number of furan rings is 1. The van der Waals surface area contributed by atoms with E-state index in [2.05, 4.69) is 11.4 Å². The van der Waals surface area contributed by atoms with Crippen molar-refractivity contribution in [1.82, 2.24) is 10.2 Å². The Hall–Kier alpha value is -2.59. The zero-order chi connectivity index (χ0) is 17.2. The quantitative estimate of drug-likeness (QED) is 0.790. The van der Waals surface area contributed by atoms with Gasteiger partial charge in [0.2, 0.25) is 0 Å². The second kappa shape index (κ2) is 6.73. The van der Waals surface area contributed by atoms with Crippen LogP contribution in [0.5, 0.6) is 0 Å². The maximum atomic E-state index is 12.6. The molecule has 0 spiro atoms. The van der Waals surface area contributed by atoms with Crippen LogP contribution in [0.2, 0.25) is 0 Å². The first-order valence-electron chi connectivity index (χ1n) is 8.74. The minimum atomic E-state index is 0.0868. The summed E-state index contributed by atoms with van der Waals surface area (Å²) < 4.78 is 5.39. The van der Waals surface area contributed by atoms with Gasteiger partial charge in [-0.3, -0.25) is 4.79 Å². The van der Waals surface area contributed by atoms with Gasteiger partial charge in [0.15, 0.2) is 0 Å². The smallest absolute Gasteiger partial charge is 0.253 e. The Morgan fingerprint density at radius 2 is 1.96 bits per heavy atom. The summed E-state index contributed by atoms with van der Waals surface area (Å²) in [6.45, 7) is 2.88. The van der Waals surface area contributed by atoms with Crippen molar-refractivity contribution >= 4 is 16.9 Å². The van der Waals surface area contributed by atoms with Crippen LogP contribution in [0.3, 0.4) is 0 Å². The zero-order valence-corrected chi connectivity index (χ0v) is 14.4. The normalized spacial score (nSPS) is 17.1. The molecule has 1 atom stereocenters. The van der Waals surface area contributed by atoms with Crippen LogP contribution in [-0.2, 0) is 0 Å². The maximum Gasteiger partial charge on any atom is 0.253 e. The standard InChI is InChI=1S/C21H22N2O2/c1-23(14-15-8-10-22-13-15)21(24)17-4-2-16(3-5-17)18-6-7-20-19(12-18)9-11-25-20/h2-7,9,11-12,15,22H,8,10,13-14H2,1H3. The lowest BCUT2D eigenvalue weighted by Crippen LogP contribution is -2.32. The van der Waals surface area contributed by atoms with E-state index >= 15 is 0 Å². The highest BCUT2D eigenvalue weighted by atomic mass is 16.3. The summed E-state index contributed by atoms with van der Waals surface area (Å²) in [5.74, 6) is 0.652. The van der Waals surface area contributed by atoms with Gasteiger partial charge in [-0.15, -0.1) is 0 Å². The van der Waals surface area contributed by atoms with Gasteiger partial charge in [-0.1, -0.05) is 18.2 Å². The predicted octanol–water partition coefficient (Wildman–Crippen LogP) is 3.78. The van der Waals surface area contributed by atoms with Crippen LogP contribution >= 0.6 is 0 Å². The van der Waals surface area contributed by atoms with Crippen molar-refractivity contribution in [1.29, 1.82) is 0 Å². The Morgan fingerprint density at radius 1 is 1.16 bits per heavy atom. The van der Waals surface area contributed by atoms with Crippen LogP contribution in [0.25, 0.3) is 22.1 Å². The lowest BCUT2D eigenvalue weighted by atomic mass is 10.0. The van der Waals surface area contributed by atoms with E-state index in [-0.39, 0.29) is 5.91 Å². The molecule has 1 saturated heterocycles. The summed E-state index contributed by atoms with van der Waals surface area (Å²) in [5.41, 5.74) is 3.85. The van der Waals surface area contributed by atoms with E-state index in [4.69, 9.17) is 4.42 Å². The molecule has 1 aliphatic heterocycles. The average Bonchev–Trinajstić information content (AvgIpc) is 3.32. The summed E-state index contributed by atoms with van der Waals surface area (Å²) in [7, 11) is 1.89. The van der Waals surface area contributed by atoms with Crippen LogP contribution in [0, 0.1) is 5.92 Å². The van der Waals surface area contributed by atoms with E-state index in [1.165, 1.54) is 0 Å². The van der Waals surface area contributed by atoms with Crippen LogP contribution < -0.4 is 5.32 Å². The van der Waals surface area contributed by atoms with E-state index in [0.29, 0.717) is 5.92 Å². The summed E-state index contributed by atoms with van der Waals surface area (Å²) >= 11 is 0. The molecule has 1 amide bonds. The molecule has 1 fully saturated rings. The largest absolute Gasteiger partial charge is 0.464 e. The molecular formula is C21H22N2O2. The summed E-state index contributed by atoms with van der Waals surface area (Å²) in [6, 6.07) is 16.0. The highest BCUT2D eigenvalue weighted by molar-refractivity contribution is 5.94. The lowest BCUT2D eigenvalue weighted by molar-refractivity contribution is 0.0776. The molecule has 0 bridgehead atoms. The van der Waals surface area contributed by atoms with Crippen molar-refractivity contribution in [2.45, 2.75) is 6.42 Å². The third-order valence-corrected chi connectivity index (χ3v) is 4.96. The predicted molar refractivity (Wildman–Crippen MR) is 99.6 cm³/mol. The summed E-state index contributed by atoms with van der Waals surface area (Å²) in [5, 5.41) is 4.43. The maximum absolute atomic E-state index is 12.6. The van der Waals surface area contributed by atoms with Gasteiger partial charge in [0.25, 0.3) is 5.91 Å². The first-order valence-corrected chi connectivity index (χ1v) is 8.74. The number of hydrogen-bond acceptors (Lipinski definition) is 3. The van der Waals surface area contributed by atoms with E-state index < -0.39 is 0 Å². The number of fused-ring (bicyclic) bond motifs is 1. The van der Waals surface area contributed by atoms with Gasteiger partial charge >= 0.3 is 0 Å². The number of carbonyl (C=O) groups excluding carboxylic acids is 1. The highest BCUT2D eigenvalue weighted by Crippen LogP contribution is 2.25. The molecule has 3 aromatic rings. The fourth-order valence-electron chi connectivity index (χ4n) is 3.51. The SMILES string of the molecule is CN(CC1CCNC1)C(=O)c1ccc(-c2ccc3occc3c2)cc1. The molecule has 4 heteroatoms. The van der Waals surface area contributed by atoms with Crippen LogP contribution in [0.1, 0.15) is 16.8 Å².